The lowest BCUT2D eigenvalue weighted by Crippen LogP contribution is -2.55. The highest BCUT2D eigenvalue weighted by molar-refractivity contribution is 5.89. The van der Waals surface area contributed by atoms with Crippen LogP contribution < -0.4 is 16.0 Å². The van der Waals surface area contributed by atoms with Crippen LogP contribution in [0.4, 0.5) is 4.79 Å². The molecule has 1 rings (SSSR count). The molecule has 1 saturated heterocycles. The Morgan fingerprint density at radius 2 is 2.22 bits per heavy atom. The molecule has 8 heteroatoms. The van der Waals surface area contributed by atoms with E-state index in [1.54, 1.807) is 0 Å². The third-order valence-corrected chi connectivity index (χ3v) is 2.61. The fourth-order valence-electron chi connectivity index (χ4n) is 1.65. The fourth-order valence-corrected chi connectivity index (χ4v) is 1.65. The number of carbonyl (C=O) groups excluding carboxylic acids is 2. The number of hydrogen-bond acceptors (Lipinski definition) is 4. The summed E-state index contributed by atoms with van der Waals surface area (Å²) >= 11 is 0. The first kappa shape index (κ1) is 14.2. The third kappa shape index (κ3) is 4.21. The van der Waals surface area contributed by atoms with Gasteiger partial charge in [-0.05, 0) is 12.8 Å². The second kappa shape index (κ2) is 6.80. The van der Waals surface area contributed by atoms with Gasteiger partial charge in [-0.1, -0.05) is 0 Å². The Kier molecular flexibility index (Phi) is 5.37. The maximum atomic E-state index is 11.5. The Hall–Kier alpha value is -1.83. The monoisotopic (exact) mass is 259 g/mol. The first-order valence-corrected chi connectivity index (χ1v) is 5.73. The topological polar surface area (TPSA) is 128 Å². The molecular formula is C10H17N3O5. The number of carbonyl (C=O) groups is 3. The smallest absolute Gasteiger partial charge is 0.326 e. The van der Waals surface area contributed by atoms with Gasteiger partial charge in [-0.15, -0.1) is 0 Å². The van der Waals surface area contributed by atoms with Gasteiger partial charge in [0.1, 0.15) is 12.1 Å². The average molecular weight is 259 g/mol. The molecule has 18 heavy (non-hydrogen) atoms. The Morgan fingerprint density at radius 3 is 2.78 bits per heavy atom. The van der Waals surface area contributed by atoms with Gasteiger partial charge in [-0.2, -0.15) is 0 Å². The fraction of sp³-hybridized carbons (Fsp3) is 0.700. The quantitative estimate of drug-likeness (QED) is 0.406. The van der Waals surface area contributed by atoms with Crippen LogP contribution >= 0.6 is 0 Å². The number of aliphatic hydroxyl groups is 1. The lowest BCUT2D eigenvalue weighted by molar-refractivity contribution is -0.139. The van der Waals surface area contributed by atoms with Gasteiger partial charge in [0.05, 0.1) is 0 Å². The van der Waals surface area contributed by atoms with Gasteiger partial charge in [0.2, 0.25) is 5.91 Å². The van der Waals surface area contributed by atoms with E-state index in [1.165, 1.54) is 0 Å². The molecule has 0 spiro atoms. The van der Waals surface area contributed by atoms with Crippen LogP contribution in [0.25, 0.3) is 0 Å². The predicted molar refractivity (Wildman–Crippen MR) is 60.8 cm³/mol. The van der Waals surface area contributed by atoms with E-state index < -0.39 is 24.1 Å². The first-order valence-electron chi connectivity index (χ1n) is 5.73. The van der Waals surface area contributed by atoms with Crippen molar-refractivity contribution in [1.82, 2.24) is 16.0 Å². The highest BCUT2D eigenvalue weighted by Crippen LogP contribution is 2.02. The molecule has 0 saturated carbocycles. The van der Waals surface area contributed by atoms with Crippen LogP contribution in [0.15, 0.2) is 0 Å². The van der Waals surface area contributed by atoms with E-state index in [1.807, 2.05) is 0 Å². The summed E-state index contributed by atoms with van der Waals surface area (Å²) in [5.74, 6) is -1.50. The van der Waals surface area contributed by atoms with Crippen molar-refractivity contribution in [2.75, 3.05) is 13.2 Å². The number of aliphatic carboxylic acids is 1. The van der Waals surface area contributed by atoms with Crippen molar-refractivity contribution in [3.8, 4) is 0 Å². The van der Waals surface area contributed by atoms with Crippen molar-refractivity contribution in [2.24, 2.45) is 0 Å². The zero-order chi connectivity index (χ0) is 13.5. The summed E-state index contributed by atoms with van der Waals surface area (Å²) in [5, 5.41) is 24.6. The molecule has 2 unspecified atom stereocenters. The largest absolute Gasteiger partial charge is 0.480 e. The van der Waals surface area contributed by atoms with Crippen LogP contribution in [0.3, 0.4) is 0 Å². The van der Waals surface area contributed by atoms with Crippen LogP contribution in [-0.4, -0.2) is 53.4 Å². The molecular weight excluding hydrogens is 242 g/mol. The highest BCUT2D eigenvalue weighted by Gasteiger charge is 2.25. The average Bonchev–Trinajstić information content (AvgIpc) is 2.31. The molecule has 2 atom stereocenters. The normalized spacial score (nSPS) is 20.7. The zero-order valence-corrected chi connectivity index (χ0v) is 9.81. The van der Waals surface area contributed by atoms with E-state index in [2.05, 4.69) is 16.0 Å². The molecule has 1 aliphatic rings. The number of urea groups is 1. The molecule has 8 nitrogen and oxygen atoms in total. The number of piperidine rings is 1. The van der Waals surface area contributed by atoms with Gasteiger partial charge >= 0.3 is 12.0 Å². The minimum atomic E-state index is -1.23. The maximum absolute atomic E-state index is 11.5. The van der Waals surface area contributed by atoms with Gasteiger partial charge in [0.25, 0.3) is 0 Å². The summed E-state index contributed by atoms with van der Waals surface area (Å²) in [6, 6.07) is -2.53. The molecule has 102 valence electrons. The van der Waals surface area contributed by atoms with Crippen molar-refractivity contribution in [3.63, 3.8) is 0 Å². The Balaban J connectivity index is 2.44. The summed E-state index contributed by atoms with van der Waals surface area (Å²) in [6.45, 7) is 0.238. The molecule has 0 bridgehead atoms. The second-order valence-electron chi connectivity index (χ2n) is 4.01. The second-order valence-corrected chi connectivity index (χ2v) is 4.01. The van der Waals surface area contributed by atoms with Gasteiger partial charge < -0.3 is 26.2 Å². The number of carboxylic acid groups (broad SMARTS) is 1. The number of aliphatic hydroxyl groups excluding tert-OH is 1. The van der Waals surface area contributed by atoms with Crippen LogP contribution in [0.2, 0.25) is 0 Å². The van der Waals surface area contributed by atoms with E-state index in [9.17, 15) is 14.4 Å². The minimum Gasteiger partial charge on any atom is -0.480 e. The highest BCUT2D eigenvalue weighted by atomic mass is 16.4. The number of rotatable bonds is 5. The molecule has 1 fully saturated rings. The van der Waals surface area contributed by atoms with Crippen LogP contribution in [0, 0.1) is 0 Å². The van der Waals surface area contributed by atoms with Gasteiger partial charge in [-0.3, -0.25) is 4.79 Å². The third-order valence-electron chi connectivity index (χ3n) is 2.61. The summed E-state index contributed by atoms with van der Waals surface area (Å²) in [5.41, 5.74) is 0. The van der Waals surface area contributed by atoms with Crippen molar-refractivity contribution >= 4 is 17.9 Å². The molecule has 0 aromatic rings. The van der Waals surface area contributed by atoms with Crippen molar-refractivity contribution in [1.29, 1.82) is 0 Å². The van der Waals surface area contributed by atoms with Gasteiger partial charge in [0.15, 0.2) is 0 Å². The minimum absolute atomic E-state index is 0.0837. The molecule has 0 aromatic heterocycles. The van der Waals surface area contributed by atoms with Crippen molar-refractivity contribution in [2.45, 2.75) is 31.3 Å². The Morgan fingerprint density at radius 1 is 1.50 bits per heavy atom. The Bertz CT molecular complexity index is 325. The molecule has 0 radical (unpaired) electrons. The molecule has 3 amide bonds. The lowest BCUT2D eigenvalue weighted by Gasteiger charge is -2.23. The zero-order valence-electron chi connectivity index (χ0n) is 9.81. The molecule has 1 heterocycles. The lowest BCUT2D eigenvalue weighted by atomic mass is 10.1. The van der Waals surface area contributed by atoms with E-state index in [-0.39, 0.29) is 18.9 Å². The standard InChI is InChI=1S/C10H17N3O5/c14-5-3-7(9(16)17)13-10(18)12-6-2-1-4-11-8(6)15/h6-7,14H,1-5H2,(H,11,15)(H,16,17)(H2,12,13,18). The van der Waals surface area contributed by atoms with Crippen LogP contribution in [0.5, 0.6) is 0 Å². The van der Waals surface area contributed by atoms with Crippen LogP contribution in [-0.2, 0) is 9.59 Å². The number of hydrogen-bond donors (Lipinski definition) is 5. The SMILES string of the molecule is O=C(NC(CCO)C(=O)O)NC1CCCNC1=O. The number of carboxylic acids is 1. The maximum Gasteiger partial charge on any atom is 0.326 e. The molecule has 1 aliphatic heterocycles. The summed E-state index contributed by atoms with van der Waals surface area (Å²) < 4.78 is 0. The van der Waals surface area contributed by atoms with E-state index in [0.717, 1.165) is 6.42 Å². The summed E-state index contributed by atoms with van der Waals surface area (Å²) in [7, 11) is 0. The summed E-state index contributed by atoms with van der Waals surface area (Å²) in [4.78, 5) is 33.6. The summed E-state index contributed by atoms with van der Waals surface area (Å²) in [6.07, 6.45) is 1.20. The molecule has 0 aromatic carbocycles. The van der Waals surface area contributed by atoms with E-state index in [4.69, 9.17) is 10.2 Å². The van der Waals surface area contributed by atoms with Crippen molar-refractivity contribution in [3.05, 3.63) is 0 Å². The predicted octanol–water partition coefficient (Wildman–Crippen LogP) is -1.60. The number of nitrogens with one attached hydrogen (secondary N) is 3. The Labute approximate surface area is 104 Å². The van der Waals surface area contributed by atoms with E-state index in [0.29, 0.717) is 13.0 Å². The van der Waals surface area contributed by atoms with Gasteiger partial charge in [0, 0.05) is 19.6 Å². The van der Waals surface area contributed by atoms with Crippen LogP contribution in [0.1, 0.15) is 19.3 Å². The molecule has 0 aliphatic carbocycles. The van der Waals surface area contributed by atoms with E-state index >= 15 is 0 Å². The number of amides is 3. The molecule has 5 N–H and O–H groups in total. The van der Waals surface area contributed by atoms with Crippen molar-refractivity contribution < 1.29 is 24.6 Å². The van der Waals surface area contributed by atoms with Gasteiger partial charge in [-0.25, -0.2) is 9.59 Å². The first-order chi connectivity index (χ1) is 8.54.